The van der Waals surface area contributed by atoms with Gasteiger partial charge in [0, 0.05) is 0 Å². The van der Waals surface area contributed by atoms with Crippen LogP contribution in [0.3, 0.4) is 0 Å². The highest BCUT2D eigenvalue weighted by Crippen LogP contribution is 2.33. The molecular weight excluding hydrogens is 337 g/mol. The Morgan fingerprint density at radius 2 is 1.85 bits per heavy atom. The van der Waals surface area contributed by atoms with Crippen LogP contribution in [0.4, 0.5) is 13.2 Å². The van der Waals surface area contributed by atoms with Crippen LogP contribution in [0.25, 0.3) is 0 Å². The van der Waals surface area contributed by atoms with E-state index < -0.39 is 11.9 Å². The second-order valence-corrected chi connectivity index (χ2v) is 4.55. The van der Waals surface area contributed by atoms with Gasteiger partial charge in [-0.15, -0.1) is 0 Å². The molecule has 0 unspecified atom stereocenters. The standard InChI is InChI=1S/C13H6BrF3N2O/c14-9-3-1-2-4-10(9)20-12-8(7-18)5-6-11(19-12)13(15,16)17/h1-6H. The molecule has 1 aromatic carbocycles. The summed E-state index contributed by atoms with van der Waals surface area (Å²) >= 11 is 3.20. The van der Waals surface area contributed by atoms with Gasteiger partial charge in [0.2, 0.25) is 5.88 Å². The molecular formula is C13H6BrF3N2O. The van der Waals surface area contributed by atoms with Crippen molar-refractivity contribution in [2.24, 2.45) is 0 Å². The van der Waals surface area contributed by atoms with Crippen molar-refractivity contribution in [2.75, 3.05) is 0 Å². The Balaban J connectivity index is 2.45. The number of nitriles is 1. The van der Waals surface area contributed by atoms with Gasteiger partial charge in [0.15, 0.2) is 0 Å². The molecule has 1 heterocycles. The summed E-state index contributed by atoms with van der Waals surface area (Å²) in [4.78, 5) is 3.36. The van der Waals surface area contributed by atoms with E-state index in [1.165, 1.54) is 0 Å². The second kappa shape index (κ2) is 5.51. The van der Waals surface area contributed by atoms with E-state index in [2.05, 4.69) is 20.9 Å². The fourth-order valence-corrected chi connectivity index (χ4v) is 1.76. The Bertz CT molecular complexity index is 680. The molecule has 0 aliphatic heterocycles. The number of benzene rings is 1. The van der Waals surface area contributed by atoms with Crippen molar-refractivity contribution >= 4 is 15.9 Å². The third-order valence-corrected chi connectivity index (χ3v) is 2.97. The van der Waals surface area contributed by atoms with Gasteiger partial charge in [-0.3, -0.25) is 0 Å². The lowest BCUT2D eigenvalue weighted by molar-refractivity contribution is -0.141. The van der Waals surface area contributed by atoms with Crippen molar-refractivity contribution in [3.63, 3.8) is 0 Å². The van der Waals surface area contributed by atoms with E-state index in [0.717, 1.165) is 12.1 Å². The minimum absolute atomic E-state index is 0.0752. The summed E-state index contributed by atoms with van der Waals surface area (Å²) in [5.41, 5.74) is -1.19. The highest BCUT2D eigenvalue weighted by Gasteiger charge is 2.33. The number of halogens is 4. The molecule has 0 amide bonds. The van der Waals surface area contributed by atoms with Crippen LogP contribution in [0.1, 0.15) is 11.3 Å². The van der Waals surface area contributed by atoms with Crippen LogP contribution >= 0.6 is 15.9 Å². The predicted molar refractivity (Wildman–Crippen MR) is 68.2 cm³/mol. The summed E-state index contributed by atoms with van der Waals surface area (Å²) in [6.07, 6.45) is -4.60. The van der Waals surface area contributed by atoms with E-state index in [1.807, 2.05) is 0 Å². The molecule has 2 aromatic rings. The first-order valence-corrected chi connectivity index (χ1v) is 6.12. The molecule has 0 saturated heterocycles. The minimum atomic E-state index is -4.60. The highest BCUT2D eigenvalue weighted by molar-refractivity contribution is 9.10. The predicted octanol–water partition coefficient (Wildman–Crippen LogP) is 4.53. The molecule has 0 radical (unpaired) electrons. The molecule has 20 heavy (non-hydrogen) atoms. The first-order chi connectivity index (χ1) is 9.41. The summed E-state index contributed by atoms with van der Waals surface area (Å²) in [6, 6.07) is 10.1. The SMILES string of the molecule is N#Cc1ccc(C(F)(F)F)nc1Oc1ccccc1Br. The average Bonchev–Trinajstić information content (AvgIpc) is 2.40. The van der Waals surface area contributed by atoms with E-state index in [1.54, 1.807) is 30.3 Å². The average molecular weight is 343 g/mol. The molecule has 1 aromatic heterocycles. The number of ether oxygens (including phenoxy) is 1. The summed E-state index contributed by atoms with van der Waals surface area (Å²) in [5, 5.41) is 8.90. The third-order valence-electron chi connectivity index (χ3n) is 2.31. The molecule has 0 fully saturated rings. The van der Waals surface area contributed by atoms with Crippen LogP contribution in [0.2, 0.25) is 0 Å². The van der Waals surface area contributed by atoms with Crippen LogP contribution in [-0.2, 0) is 6.18 Å². The number of hydrogen-bond donors (Lipinski definition) is 0. The maximum absolute atomic E-state index is 12.6. The zero-order chi connectivity index (χ0) is 14.8. The minimum Gasteiger partial charge on any atom is -0.436 e. The molecule has 0 saturated carbocycles. The van der Waals surface area contributed by atoms with Crippen molar-refractivity contribution in [1.82, 2.24) is 4.98 Å². The highest BCUT2D eigenvalue weighted by atomic mass is 79.9. The maximum atomic E-state index is 12.6. The molecule has 0 N–H and O–H groups in total. The van der Waals surface area contributed by atoms with Gasteiger partial charge in [0.05, 0.1) is 4.47 Å². The molecule has 0 atom stereocenters. The number of hydrogen-bond acceptors (Lipinski definition) is 3. The van der Waals surface area contributed by atoms with E-state index in [4.69, 9.17) is 10.00 Å². The molecule has 2 rings (SSSR count). The van der Waals surface area contributed by atoms with Gasteiger partial charge in [-0.05, 0) is 40.2 Å². The van der Waals surface area contributed by atoms with E-state index in [0.29, 0.717) is 4.47 Å². The van der Waals surface area contributed by atoms with Crippen molar-refractivity contribution in [2.45, 2.75) is 6.18 Å². The van der Waals surface area contributed by atoms with Crippen molar-refractivity contribution in [3.8, 4) is 17.7 Å². The zero-order valence-electron chi connectivity index (χ0n) is 9.78. The monoisotopic (exact) mass is 342 g/mol. The van der Waals surface area contributed by atoms with E-state index in [-0.39, 0.29) is 17.2 Å². The Morgan fingerprint density at radius 1 is 1.15 bits per heavy atom. The lowest BCUT2D eigenvalue weighted by atomic mass is 10.2. The number of rotatable bonds is 2. The van der Waals surface area contributed by atoms with Gasteiger partial charge >= 0.3 is 6.18 Å². The van der Waals surface area contributed by atoms with E-state index >= 15 is 0 Å². The van der Waals surface area contributed by atoms with Gasteiger partial charge in [-0.1, -0.05) is 12.1 Å². The Morgan fingerprint density at radius 3 is 2.45 bits per heavy atom. The van der Waals surface area contributed by atoms with E-state index in [9.17, 15) is 13.2 Å². The normalized spacial score (nSPS) is 10.9. The number of alkyl halides is 3. The van der Waals surface area contributed by atoms with Crippen molar-refractivity contribution in [3.05, 3.63) is 52.1 Å². The lowest BCUT2D eigenvalue weighted by Gasteiger charge is -2.11. The van der Waals surface area contributed by atoms with Crippen LogP contribution in [-0.4, -0.2) is 4.98 Å². The van der Waals surface area contributed by atoms with Crippen LogP contribution in [0.5, 0.6) is 11.6 Å². The molecule has 0 aliphatic carbocycles. The summed E-state index contributed by atoms with van der Waals surface area (Å²) in [7, 11) is 0. The van der Waals surface area contributed by atoms with Gasteiger partial charge in [-0.2, -0.15) is 18.4 Å². The summed E-state index contributed by atoms with van der Waals surface area (Å²) < 4.78 is 43.7. The second-order valence-electron chi connectivity index (χ2n) is 3.69. The number of nitrogens with zero attached hydrogens (tertiary/aromatic N) is 2. The topological polar surface area (TPSA) is 45.9 Å². The van der Waals surface area contributed by atoms with Gasteiger partial charge in [0.1, 0.15) is 23.1 Å². The quantitative estimate of drug-likeness (QED) is 0.805. The zero-order valence-corrected chi connectivity index (χ0v) is 11.4. The first-order valence-electron chi connectivity index (χ1n) is 5.32. The maximum Gasteiger partial charge on any atom is 0.433 e. The smallest absolute Gasteiger partial charge is 0.433 e. The molecule has 0 spiro atoms. The molecule has 0 aliphatic rings. The number of para-hydroxylation sites is 1. The Labute approximate surface area is 120 Å². The van der Waals surface area contributed by atoms with Crippen LogP contribution in [0, 0.1) is 11.3 Å². The van der Waals surface area contributed by atoms with Crippen LogP contribution in [0.15, 0.2) is 40.9 Å². The van der Waals surface area contributed by atoms with Gasteiger partial charge in [0.25, 0.3) is 0 Å². The van der Waals surface area contributed by atoms with Gasteiger partial charge < -0.3 is 4.74 Å². The van der Waals surface area contributed by atoms with Crippen molar-refractivity contribution < 1.29 is 17.9 Å². The first kappa shape index (κ1) is 14.3. The molecule has 7 heteroatoms. The van der Waals surface area contributed by atoms with Gasteiger partial charge in [-0.25, -0.2) is 4.98 Å². The fourth-order valence-electron chi connectivity index (χ4n) is 1.39. The van der Waals surface area contributed by atoms with Crippen molar-refractivity contribution in [1.29, 1.82) is 5.26 Å². The molecule has 102 valence electrons. The Kier molecular flexibility index (Phi) is 3.95. The lowest BCUT2D eigenvalue weighted by Crippen LogP contribution is -2.09. The molecule has 3 nitrogen and oxygen atoms in total. The number of aromatic nitrogens is 1. The fraction of sp³-hybridized carbons (Fsp3) is 0.0769. The molecule has 0 bridgehead atoms. The summed E-state index contributed by atoms with van der Waals surface area (Å²) in [5.74, 6) is -0.106. The Hall–Kier alpha value is -2.07. The third kappa shape index (κ3) is 3.08. The summed E-state index contributed by atoms with van der Waals surface area (Å²) in [6.45, 7) is 0. The largest absolute Gasteiger partial charge is 0.436 e. The van der Waals surface area contributed by atoms with Crippen LogP contribution < -0.4 is 4.74 Å². The number of pyridine rings is 1.